The molecule has 0 fully saturated rings. The number of hydrogen-bond acceptors (Lipinski definition) is 3. The van der Waals surface area contributed by atoms with E-state index in [1.165, 1.54) is 0 Å². The van der Waals surface area contributed by atoms with E-state index in [4.69, 9.17) is 27.9 Å². The number of rotatable bonds is 8. The fourth-order valence-electron chi connectivity index (χ4n) is 1.23. The second kappa shape index (κ2) is 8.76. The molecule has 3 nitrogen and oxygen atoms in total. The van der Waals surface area contributed by atoms with Crippen LogP contribution in [0.4, 0.5) is 0 Å². The summed E-state index contributed by atoms with van der Waals surface area (Å²) in [6.07, 6.45) is 4.37. The fraction of sp³-hybridized carbons (Fsp3) is 0.545. The Bertz CT molecular complexity index is 297. The first-order chi connectivity index (χ1) is 7.84. The van der Waals surface area contributed by atoms with Crippen LogP contribution in [0.5, 0.6) is 0 Å². The number of nitrogens with zero attached hydrogens (tertiary/aromatic N) is 1. The third-order valence-corrected chi connectivity index (χ3v) is 2.53. The predicted molar refractivity (Wildman–Crippen MR) is 67.1 cm³/mol. The van der Waals surface area contributed by atoms with Crippen molar-refractivity contribution in [1.29, 1.82) is 0 Å². The lowest BCUT2D eigenvalue weighted by atomic mass is 10.2. The Balaban J connectivity index is 2.05. The minimum absolute atomic E-state index is 0.556. The molecule has 0 bridgehead atoms. The van der Waals surface area contributed by atoms with Crippen molar-refractivity contribution < 1.29 is 4.74 Å². The van der Waals surface area contributed by atoms with Crippen molar-refractivity contribution in [3.63, 3.8) is 0 Å². The quantitative estimate of drug-likeness (QED) is 0.578. The zero-order valence-corrected chi connectivity index (χ0v) is 10.6. The largest absolute Gasteiger partial charge is 0.380 e. The van der Waals surface area contributed by atoms with Gasteiger partial charge in [-0.3, -0.25) is 4.98 Å². The van der Waals surface area contributed by atoms with Gasteiger partial charge in [-0.1, -0.05) is 11.6 Å². The Hall–Kier alpha value is -0.350. The van der Waals surface area contributed by atoms with Crippen molar-refractivity contribution >= 4 is 23.2 Å². The maximum Gasteiger partial charge on any atom is 0.0634 e. The molecule has 1 aromatic heterocycles. The van der Waals surface area contributed by atoms with Gasteiger partial charge in [0.25, 0.3) is 0 Å². The Kier molecular flexibility index (Phi) is 7.51. The average molecular weight is 263 g/mol. The van der Waals surface area contributed by atoms with E-state index in [2.05, 4.69) is 10.3 Å². The van der Waals surface area contributed by atoms with E-state index in [9.17, 15) is 0 Å². The second-order valence-corrected chi connectivity index (χ2v) is 4.08. The molecule has 1 aromatic rings. The number of aromatic nitrogens is 1. The number of nitrogens with one attached hydrogen (secondary N) is 1. The van der Waals surface area contributed by atoms with Crippen LogP contribution in [0.1, 0.15) is 12.0 Å². The summed E-state index contributed by atoms with van der Waals surface area (Å²) < 4.78 is 5.25. The van der Waals surface area contributed by atoms with E-state index < -0.39 is 0 Å². The van der Waals surface area contributed by atoms with Crippen molar-refractivity contribution in [1.82, 2.24) is 10.3 Å². The van der Waals surface area contributed by atoms with Crippen LogP contribution in [0.15, 0.2) is 18.5 Å². The summed E-state index contributed by atoms with van der Waals surface area (Å²) in [5, 5.41) is 4.00. The molecule has 1 rings (SSSR count). The molecule has 90 valence electrons. The third kappa shape index (κ3) is 5.66. The zero-order chi connectivity index (χ0) is 11.6. The molecule has 0 aliphatic carbocycles. The molecule has 0 aromatic carbocycles. The Morgan fingerprint density at radius 1 is 1.38 bits per heavy atom. The summed E-state index contributed by atoms with van der Waals surface area (Å²) in [4.78, 5) is 3.93. The van der Waals surface area contributed by atoms with Crippen LogP contribution in [-0.4, -0.2) is 30.6 Å². The molecule has 0 spiro atoms. The van der Waals surface area contributed by atoms with Crippen molar-refractivity contribution in [3.8, 4) is 0 Å². The van der Waals surface area contributed by atoms with E-state index in [0.29, 0.717) is 17.5 Å². The normalized spacial score (nSPS) is 10.6. The minimum Gasteiger partial charge on any atom is -0.380 e. The average Bonchev–Trinajstić information content (AvgIpc) is 2.30. The third-order valence-electron chi connectivity index (χ3n) is 2.04. The highest BCUT2D eigenvalue weighted by atomic mass is 35.5. The molecule has 0 aliphatic heterocycles. The Morgan fingerprint density at radius 2 is 2.25 bits per heavy atom. The smallest absolute Gasteiger partial charge is 0.0634 e. The van der Waals surface area contributed by atoms with Gasteiger partial charge in [-0.2, -0.15) is 0 Å². The number of halogens is 2. The highest BCUT2D eigenvalue weighted by Gasteiger charge is 1.98. The fourth-order valence-corrected chi connectivity index (χ4v) is 1.52. The highest BCUT2D eigenvalue weighted by molar-refractivity contribution is 6.31. The van der Waals surface area contributed by atoms with Gasteiger partial charge >= 0.3 is 0 Å². The first kappa shape index (κ1) is 13.7. The maximum absolute atomic E-state index is 5.96. The van der Waals surface area contributed by atoms with Gasteiger partial charge in [-0.05, 0) is 24.6 Å². The molecule has 0 saturated carbocycles. The molecule has 0 unspecified atom stereocenters. The summed E-state index contributed by atoms with van der Waals surface area (Å²) in [6, 6.07) is 1.92. The van der Waals surface area contributed by atoms with E-state index in [-0.39, 0.29) is 0 Å². The first-order valence-electron chi connectivity index (χ1n) is 5.27. The van der Waals surface area contributed by atoms with Crippen LogP contribution in [0.3, 0.4) is 0 Å². The molecule has 0 atom stereocenters. The van der Waals surface area contributed by atoms with Gasteiger partial charge in [0.2, 0.25) is 0 Å². The summed E-state index contributed by atoms with van der Waals surface area (Å²) in [7, 11) is 0. The van der Waals surface area contributed by atoms with Crippen LogP contribution < -0.4 is 5.32 Å². The van der Waals surface area contributed by atoms with E-state index in [0.717, 1.165) is 31.7 Å². The topological polar surface area (TPSA) is 34.1 Å². The van der Waals surface area contributed by atoms with E-state index in [1.54, 1.807) is 12.4 Å². The summed E-state index contributed by atoms with van der Waals surface area (Å²) >= 11 is 11.4. The van der Waals surface area contributed by atoms with Crippen molar-refractivity contribution in [2.45, 2.75) is 13.0 Å². The monoisotopic (exact) mass is 262 g/mol. The lowest BCUT2D eigenvalue weighted by molar-refractivity contribution is 0.146. The van der Waals surface area contributed by atoms with E-state index in [1.807, 2.05) is 6.07 Å². The van der Waals surface area contributed by atoms with Gasteiger partial charge in [0.1, 0.15) is 0 Å². The molecule has 1 N–H and O–H groups in total. The Morgan fingerprint density at radius 3 is 3.00 bits per heavy atom. The van der Waals surface area contributed by atoms with Gasteiger partial charge in [0.15, 0.2) is 0 Å². The molecule has 0 radical (unpaired) electrons. The summed E-state index contributed by atoms with van der Waals surface area (Å²) in [5.41, 5.74) is 1.07. The maximum atomic E-state index is 5.96. The summed E-state index contributed by atoms with van der Waals surface area (Å²) in [6.45, 7) is 3.03. The molecule has 1 heterocycles. The van der Waals surface area contributed by atoms with Crippen molar-refractivity contribution in [2.24, 2.45) is 0 Å². The Labute approximate surface area is 106 Å². The molecule has 16 heavy (non-hydrogen) atoms. The van der Waals surface area contributed by atoms with Gasteiger partial charge in [-0.15, -0.1) is 11.6 Å². The van der Waals surface area contributed by atoms with Crippen LogP contribution >= 0.6 is 23.2 Å². The lowest BCUT2D eigenvalue weighted by Gasteiger charge is -2.06. The number of hydrogen-bond donors (Lipinski definition) is 1. The van der Waals surface area contributed by atoms with Crippen molar-refractivity contribution in [3.05, 3.63) is 29.0 Å². The number of alkyl halides is 1. The minimum atomic E-state index is 0.556. The zero-order valence-electron chi connectivity index (χ0n) is 9.09. The summed E-state index contributed by atoms with van der Waals surface area (Å²) in [5.74, 6) is 0.556. The molecule has 0 amide bonds. The number of ether oxygens (including phenoxy) is 1. The molecular weight excluding hydrogens is 247 g/mol. The second-order valence-electron chi connectivity index (χ2n) is 3.30. The predicted octanol–water partition coefficient (Wildman–Crippen LogP) is 2.47. The molecule has 0 aliphatic rings. The molecule has 0 saturated heterocycles. The van der Waals surface area contributed by atoms with Crippen LogP contribution in [-0.2, 0) is 11.3 Å². The first-order valence-corrected chi connectivity index (χ1v) is 6.18. The van der Waals surface area contributed by atoms with Crippen LogP contribution in [0.2, 0.25) is 5.02 Å². The lowest BCUT2D eigenvalue weighted by Crippen LogP contribution is -2.16. The SMILES string of the molecule is ClCCOCCCNCc1ccncc1Cl. The number of pyridine rings is 1. The van der Waals surface area contributed by atoms with Gasteiger partial charge in [0.05, 0.1) is 11.6 Å². The van der Waals surface area contributed by atoms with Crippen LogP contribution in [0.25, 0.3) is 0 Å². The molecule has 5 heteroatoms. The van der Waals surface area contributed by atoms with Crippen LogP contribution in [0, 0.1) is 0 Å². The van der Waals surface area contributed by atoms with E-state index >= 15 is 0 Å². The molecular formula is C11H16Cl2N2O. The van der Waals surface area contributed by atoms with Crippen molar-refractivity contribution in [2.75, 3.05) is 25.6 Å². The highest BCUT2D eigenvalue weighted by Crippen LogP contribution is 2.12. The van der Waals surface area contributed by atoms with Gasteiger partial charge < -0.3 is 10.1 Å². The van der Waals surface area contributed by atoms with Gasteiger partial charge in [-0.25, -0.2) is 0 Å². The van der Waals surface area contributed by atoms with Gasteiger partial charge in [0, 0.05) is 31.4 Å². The standard InChI is InChI=1S/C11H16Cl2N2O/c12-3-7-16-6-1-4-14-8-10-2-5-15-9-11(10)13/h2,5,9,14H,1,3-4,6-8H2.